The van der Waals surface area contributed by atoms with E-state index in [4.69, 9.17) is 17.0 Å². The lowest BCUT2D eigenvalue weighted by Gasteiger charge is -2.57. The summed E-state index contributed by atoms with van der Waals surface area (Å²) in [6, 6.07) is 9.57. The number of benzene rings is 1. The molecule has 4 aliphatic rings. The zero-order valence-corrected chi connectivity index (χ0v) is 16.9. The second-order valence-electron chi connectivity index (χ2n) is 8.79. The van der Waals surface area contributed by atoms with Gasteiger partial charge in [0.25, 0.3) is 0 Å². The first-order valence-electron chi connectivity index (χ1n) is 10.3. The van der Waals surface area contributed by atoms with Gasteiger partial charge in [0.1, 0.15) is 6.04 Å². The monoisotopic (exact) mass is 386 g/mol. The third kappa shape index (κ3) is 4.29. The Morgan fingerprint density at radius 2 is 1.74 bits per heavy atom. The Morgan fingerprint density at radius 1 is 1.15 bits per heavy atom. The Labute approximate surface area is 167 Å². The quantitative estimate of drug-likeness (QED) is 0.578. The van der Waals surface area contributed by atoms with Gasteiger partial charge in [0, 0.05) is 12.0 Å². The van der Waals surface area contributed by atoms with Crippen molar-refractivity contribution in [2.75, 3.05) is 6.61 Å². The Morgan fingerprint density at radius 3 is 2.30 bits per heavy atom. The van der Waals surface area contributed by atoms with Gasteiger partial charge in [-0.05, 0) is 81.0 Å². The highest BCUT2D eigenvalue weighted by atomic mass is 32.1. The van der Waals surface area contributed by atoms with Crippen LogP contribution in [0.25, 0.3) is 0 Å². The van der Waals surface area contributed by atoms with Crippen LogP contribution in [0, 0.1) is 17.8 Å². The molecule has 5 heteroatoms. The number of carbonyl (C=O) groups excluding carboxylic acids is 1. The number of nitrogens with one attached hydrogen (secondary N) is 2. The van der Waals surface area contributed by atoms with Crippen molar-refractivity contribution in [3.8, 4) is 0 Å². The van der Waals surface area contributed by atoms with E-state index in [0.29, 0.717) is 18.1 Å². The lowest BCUT2D eigenvalue weighted by molar-refractivity contribution is -0.145. The van der Waals surface area contributed by atoms with E-state index in [9.17, 15) is 4.79 Å². The molecule has 5 rings (SSSR count). The van der Waals surface area contributed by atoms with E-state index >= 15 is 0 Å². The first-order chi connectivity index (χ1) is 13.0. The molecular formula is C22H30N2O2S. The number of esters is 1. The highest BCUT2D eigenvalue weighted by molar-refractivity contribution is 7.80. The van der Waals surface area contributed by atoms with Crippen molar-refractivity contribution in [1.82, 2.24) is 10.6 Å². The standard InChI is InChI=1S/C22H30N2O2S/c1-2-26-20(25)19(11-15-6-4-3-5-7-15)23-21(27)24-22-12-16-8-17(13-22)10-18(9-16)14-22/h3-7,16-19H,2,8-14H2,1H3,(H2,23,24,27). The van der Waals surface area contributed by atoms with Gasteiger partial charge in [-0.2, -0.15) is 0 Å². The number of hydrogen-bond acceptors (Lipinski definition) is 3. The lowest BCUT2D eigenvalue weighted by atomic mass is 9.53. The van der Waals surface area contributed by atoms with Crippen LogP contribution in [0.3, 0.4) is 0 Å². The Hall–Kier alpha value is -1.62. The van der Waals surface area contributed by atoms with Gasteiger partial charge in [-0.3, -0.25) is 0 Å². The van der Waals surface area contributed by atoms with Crippen LogP contribution in [-0.4, -0.2) is 29.3 Å². The van der Waals surface area contributed by atoms with E-state index < -0.39 is 6.04 Å². The van der Waals surface area contributed by atoms with Crippen molar-refractivity contribution in [3.05, 3.63) is 35.9 Å². The summed E-state index contributed by atoms with van der Waals surface area (Å²) in [5.74, 6) is 2.33. The van der Waals surface area contributed by atoms with Crippen molar-refractivity contribution >= 4 is 23.3 Å². The Balaban J connectivity index is 1.41. The molecule has 146 valence electrons. The first kappa shape index (κ1) is 18.7. The SMILES string of the molecule is CCOC(=O)C(Cc1ccccc1)NC(=S)NC12CC3CC(CC(C3)C1)C2. The van der Waals surface area contributed by atoms with Crippen LogP contribution < -0.4 is 10.6 Å². The number of hydrogen-bond donors (Lipinski definition) is 2. The Bertz CT molecular complexity index is 656. The minimum absolute atomic E-state index is 0.144. The molecule has 4 fully saturated rings. The molecule has 2 N–H and O–H groups in total. The Kier molecular flexibility index (Phi) is 5.40. The fourth-order valence-corrected chi connectivity index (χ4v) is 6.34. The second-order valence-corrected chi connectivity index (χ2v) is 9.20. The predicted octanol–water partition coefficient (Wildman–Crippen LogP) is 3.59. The average Bonchev–Trinajstić information content (AvgIpc) is 2.60. The number of thiocarbonyl (C=S) groups is 1. The summed E-state index contributed by atoms with van der Waals surface area (Å²) in [4.78, 5) is 12.5. The molecule has 0 radical (unpaired) electrons. The topological polar surface area (TPSA) is 50.4 Å². The smallest absolute Gasteiger partial charge is 0.328 e. The fraction of sp³-hybridized carbons (Fsp3) is 0.636. The van der Waals surface area contributed by atoms with E-state index in [1.807, 2.05) is 37.3 Å². The highest BCUT2D eigenvalue weighted by Gasteiger charge is 2.51. The van der Waals surface area contributed by atoms with Crippen LogP contribution in [0.4, 0.5) is 0 Å². The molecule has 1 atom stereocenters. The largest absolute Gasteiger partial charge is 0.464 e. The van der Waals surface area contributed by atoms with E-state index in [-0.39, 0.29) is 11.5 Å². The zero-order chi connectivity index (χ0) is 18.9. The molecule has 0 aromatic heterocycles. The van der Waals surface area contributed by atoms with E-state index in [0.717, 1.165) is 23.3 Å². The molecular weight excluding hydrogens is 356 g/mol. The van der Waals surface area contributed by atoms with Gasteiger partial charge < -0.3 is 15.4 Å². The summed E-state index contributed by atoms with van der Waals surface area (Å²) in [6.07, 6.45) is 8.46. The number of ether oxygens (including phenoxy) is 1. The molecule has 1 aromatic carbocycles. The number of carbonyl (C=O) groups is 1. The van der Waals surface area contributed by atoms with Gasteiger partial charge in [-0.1, -0.05) is 30.3 Å². The van der Waals surface area contributed by atoms with Crippen molar-refractivity contribution < 1.29 is 9.53 Å². The first-order valence-corrected chi connectivity index (χ1v) is 10.8. The second kappa shape index (κ2) is 7.78. The number of rotatable bonds is 6. The van der Waals surface area contributed by atoms with Gasteiger partial charge in [-0.25, -0.2) is 4.79 Å². The maximum absolute atomic E-state index is 12.5. The maximum Gasteiger partial charge on any atom is 0.328 e. The molecule has 4 nitrogen and oxygen atoms in total. The fourth-order valence-electron chi connectivity index (χ4n) is 5.98. The van der Waals surface area contributed by atoms with Crippen LogP contribution in [0.5, 0.6) is 0 Å². The van der Waals surface area contributed by atoms with E-state index in [1.165, 1.54) is 38.5 Å². The maximum atomic E-state index is 12.5. The van der Waals surface area contributed by atoms with Crippen molar-refractivity contribution in [3.63, 3.8) is 0 Å². The predicted molar refractivity (Wildman–Crippen MR) is 110 cm³/mol. The minimum atomic E-state index is -0.457. The van der Waals surface area contributed by atoms with Crippen molar-refractivity contribution in [2.45, 2.75) is 63.5 Å². The summed E-state index contributed by atoms with van der Waals surface area (Å²) in [5.41, 5.74) is 1.24. The molecule has 4 saturated carbocycles. The lowest BCUT2D eigenvalue weighted by Crippen LogP contribution is -2.62. The van der Waals surface area contributed by atoms with Crippen LogP contribution >= 0.6 is 12.2 Å². The normalized spacial score (nSPS) is 32.0. The van der Waals surface area contributed by atoms with Gasteiger partial charge in [-0.15, -0.1) is 0 Å². The molecule has 0 amide bonds. The van der Waals surface area contributed by atoms with Crippen molar-refractivity contribution in [2.24, 2.45) is 17.8 Å². The molecule has 1 aromatic rings. The molecule has 0 heterocycles. The van der Waals surface area contributed by atoms with Gasteiger partial charge in [0.15, 0.2) is 5.11 Å². The zero-order valence-electron chi connectivity index (χ0n) is 16.1. The molecule has 4 bridgehead atoms. The van der Waals surface area contributed by atoms with E-state index in [2.05, 4.69) is 10.6 Å². The summed E-state index contributed by atoms with van der Waals surface area (Å²) >= 11 is 5.66. The summed E-state index contributed by atoms with van der Waals surface area (Å²) in [5, 5.41) is 7.52. The van der Waals surface area contributed by atoms with Crippen molar-refractivity contribution in [1.29, 1.82) is 0 Å². The van der Waals surface area contributed by atoms with Crippen LogP contribution in [0.15, 0.2) is 30.3 Å². The molecule has 4 aliphatic carbocycles. The van der Waals surface area contributed by atoms with E-state index in [1.54, 1.807) is 0 Å². The molecule has 0 aliphatic heterocycles. The summed E-state index contributed by atoms with van der Waals surface area (Å²) in [6.45, 7) is 2.21. The third-order valence-corrected chi connectivity index (χ3v) is 6.80. The molecule has 0 spiro atoms. The van der Waals surface area contributed by atoms with Gasteiger partial charge >= 0.3 is 5.97 Å². The average molecular weight is 387 g/mol. The summed E-state index contributed by atoms with van der Waals surface area (Å²) in [7, 11) is 0. The molecule has 1 unspecified atom stereocenters. The summed E-state index contributed by atoms with van der Waals surface area (Å²) < 4.78 is 5.28. The van der Waals surface area contributed by atoms with Crippen LogP contribution in [-0.2, 0) is 16.0 Å². The van der Waals surface area contributed by atoms with Crippen LogP contribution in [0.1, 0.15) is 51.0 Å². The third-order valence-electron chi connectivity index (χ3n) is 6.58. The molecule has 27 heavy (non-hydrogen) atoms. The van der Waals surface area contributed by atoms with Gasteiger partial charge in [0.2, 0.25) is 0 Å². The van der Waals surface area contributed by atoms with Gasteiger partial charge in [0.05, 0.1) is 6.61 Å². The highest BCUT2D eigenvalue weighted by Crippen LogP contribution is 2.55. The molecule has 0 saturated heterocycles. The van der Waals surface area contributed by atoms with Crippen LogP contribution in [0.2, 0.25) is 0 Å². The minimum Gasteiger partial charge on any atom is -0.464 e.